The Labute approximate surface area is 116 Å². The van der Waals surface area contributed by atoms with Crippen LogP contribution in [0, 0.1) is 12.7 Å². The van der Waals surface area contributed by atoms with Crippen molar-refractivity contribution in [1.82, 2.24) is 4.57 Å². The van der Waals surface area contributed by atoms with Crippen molar-refractivity contribution in [2.24, 2.45) is 0 Å². The number of halogens is 1. The highest BCUT2D eigenvalue weighted by Gasteiger charge is 2.12. The lowest BCUT2D eigenvalue weighted by atomic mass is 10.1. The van der Waals surface area contributed by atoms with Crippen LogP contribution < -0.4 is 0 Å². The smallest absolute Gasteiger partial charge is 0.152 e. The molecule has 0 aliphatic heterocycles. The number of carbonyl (C=O) groups is 1. The van der Waals surface area contributed by atoms with E-state index in [1.165, 1.54) is 12.1 Å². The van der Waals surface area contributed by atoms with E-state index in [1.54, 1.807) is 12.1 Å². The van der Waals surface area contributed by atoms with Crippen molar-refractivity contribution in [2.75, 3.05) is 0 Å². The van der Waals surface area contributed by atoms with E-state index in [-0.39, 0.29) is 5.82 Å². The molecule has 0 amide bonds. The van der Waals surface area contributed by atoms with Crippen molar-refractivity contribution in [3.8, 4) is 0 Å². The van der Waals surface area contributed by atoms with Crippen LogP contribution in [0.5, 0.6) is 0 Å². The number of fused-ring (bicyclic) bond motifs is 1. The van der Waals surface area contributed by atoms with Gasteiger partial charge in [0, 0.05) is 28.7 Å². The van der Waals surface area contributed by atoms with Gasteiger partial charge in [-0.1, -0.05) is 30.3 Å². The van der Waals surface area contributed by atoms with Crippen molar-refractivity contribution in [1.29, 1.82) is 0 Å². The zero-order valence-electron chi connectivity index (χ0n) is 11.1. The third kappa shape index (κ3) is 2.01. The molecular weight excluding hydrogens is 253 g/mol. The number of aromatic nitrogens is 1. The summed E-state index contributed by atoms with van der Waals surface area (Å²) in [6.45, 7) is 2.56. The maximum absolute atomic E-state index is 13.0. The van der Waals surface area contributed by atoms with Crippen LogP contribution in [0.2, 0.25) is 0 Å². The van der Waals surface area contributed by atoms with Gasteiger partial charge in [0.1, 0.15) is 5.82 Å². The van der Waals surface area contributed by atoms with Crippen LogP contribution in [0.15, 0.2) is 48.5 Å². The summed E-state index contributed by atoms with van der Waals surface area (Å²) in [5, 5.41) is 0.960. The fraction of sp³-hybridized carbons (Fsp3) is 0.118. The van der Waals surface area contributed by atoms with E-state index in [1.807, 2.05) is 31.2 Å². The number of hydrogen-bond acceptors (Lipinski definition) is 1. The van der Waals surface area contributed by atoms with Crippen LogP contribution in [-0.4, -0.2) is 10.9 Å². The van der Waals surface area contributed by atoms with Crippen molar-refractivity contribution in [3.05, 3.63) is 71.2 Å². The summed E-state index contributed by atoms with van der Waals surface area (Å²) in [4.78, 5) is 11.3. The van der Waals surface area contributed by atoms with Gasteiger partial charge in [0.25, 0.3) is 0 Å². The predicted octanol–water partition coefficient (Wildman–Crippen LogP) is 3.95. The molecule has 100 valence electrons. The van der Waals surface area contributed by atoms with Gasteiger partial charge >= 0.3 is 0 Å². The first-order chi connectivity index (χ1) is 9.70. The van der Waals surface area contributed by atoms with Crippen LogP contribution in [0.1, 0.15) is 21.6 Å². The molecule has 0 radical (unpaired) electrons. The zero-order chi connectivity index (χ0) is 14.1. The van der Waals surface area contributed by atoms with Crippen molar-refractivity contribution in [3.63, 3.8) is 0 Å². The molecule has 0 atom stereocenters. The molecule has 0 saturated carbocycles. The van der Waals surface area contributed by atoms with Crippen LogP contribution in [0.25, 0.3) is 10.9 Å². The first-order valence-corrected chi connectivity index (χ1v) is 6.48. The van der Waals surface area contributed by atoms with Gasteiger partial charge in [-0.05, 0) is 30.7 Å². The molecule has 0 N–H and O–H groups in total. The lowest BCUT2D eigenvalue weighted by Crippen LogP contribution is -2.02. The lowest BCUT2D eigenvalue weighted by Gasteiger charge is -2.08. The molecule has 1 heterocycles. The Morgan fingerprint density at radius 3 is 2.50 bits per heavy atom. The number of aldehydes is 1. The number of nitrogens with zero attached hydrogens (tertiary/aromatic N) is 1. The van der Waals surface area contributed by atoms with Crippen molar-refractivity contribution < 1.29 is 9.18 Å². The van der Waals surface area contributed by atoms with Gasteiger partial charge in [-0.15, -0.1) is 0 Å². The Morgan fingerprint density at radius 2 is 1.80 bits per heavy atom. The molecule has 3 aromatic rings. The van der Waals surface area contributed by atoms with Crippen LogP contribution >= 0.6 is 0 Å². The van der Waals surface area contributed by atoms with Gasteiger partial charge in [0.05, 0.1) is 0 Å². The van der Waals surface area contributed by atoms with Gasteiger partial charge in [-0.3, -0.25) is 4.79 Å². The normalized spacial score (nSPS) is 10.9. The molecule has 0 aliphatic rings. The molecule has 2 aromatic carbocycles. The molecule has 3 rings (SSSR count). The minimum absolute atomic E-state index is 0.239. The number of hydrogen-bond donors (Lipinski definition) is 0. The number of carbonyl (C=O) groups excluding carboxylic acids is 1. The van der Waals surface area contributed by atoms with Gasteiger partial charge in [0.2, 0.25) is 0 Å². The van der Waals surface area contributed by atoms with Gasteiger partial charge in [0.15, 0.2) is 6.29 Å². The minimum Gasteiger partial charge on any atom is -0.340 e. The highest BCUT2D eigenvalue weighted by molar-refractivity contribution is 5.99. The van der Waals surface area contributed by atoms with E-state index in [9.17, 15) is 9.18 Å². The third-order valence-corrected chi connectivity index (χ3v) is 3.65. The molecular formula is C17H14FNO. The predicted molar refractivity (Wildman–Crippen MR) is 77.6 cm³/mol. The van der Waals surface area contributed by atoms with Crippen LogP contribution in [0.4, 0.5) is 4.39 Å². The Balaban J connectivity index is 2.13. The maximum Gasteiger partial charge on any atom is 0.152 e. The van der Waals surface area contributed by atoms with E-state index in [0.717, 1.165) is 34.0 Å². The highest BCUT2D eigenvalue weighted by atomic mass is 19.1. The van der Waals surface area contributed by atoms with E-state index in [0.29, 0.717) is 6.54 Å². The molecule has 0 bridgehead atoms. The average Bonchev–Trinajstić information content (AvgIpc) is 2.74. The number of para-hydroxylation sites is 1. The largest absolute Gasteiger partial charge is 0.340 e. The molecule has 0 saturated heterocycles. The molecule has 0 unspecified atom stereocenters. The summed E-state index contributed by atoms with van der Waals surface area (Å²) in [7, 11) is 0. The van der Waals surface area contributed by atoms with E-state index in [2.05, 4.69) is 4.57 Å². The van der Waals surface area contributed by atoms with Crippen molar-refractivity contribution >= 4 is 17.2 Å². The Morgan fingerprint density at radius 1 is 1.10 bits per heavy atom. The Bertz CT molecular complexity index is 772. The van der Waals surface area contributed by atoms with Crippen LogP contribution in [-0.2, 0) is 6.54 Å². The summed E-state index contributed by atoms with van der Waals surface area (Å²) in [5.74, 6) is -0.239. The molecule has 1 aromatic heterocycles. The van der Waals surface area contributed by atoms with Gasteiger partial charge in [-0.2, -0.15) is 0 Å². The summed E-state index contributed by atoms with van der Waals surface area (Å²) in [6.07, 6.45) is 0.902. The highest BCUT2D eigenvalue weighted by Crippen LogP contribution is 2.25. The van der Waals surface area contributed by atoms with E-state index in [4.69, 9.17) is 0 Å². The Kier molecular flexibility index (Phi) is 3.11. The topological polar surface area (TPSA) is 22.0 Å². The molecule has 0 spiro atoms. The molecule has 0 fully saturated rings. The number of rotatable bonds is 3. The lowest BCUT2D eigenvalue weighted by molar-refractivity contribution is 0.112. The maximum atomic E-state index is 13.0. The Hall–Kier alpha value is -2.42. The second kappa shape index (κ2) is 4.93. The second-order valence-electron chi connectivity index (χ2n) is 4.85. The quantitative estimate of drug-likeness (QED) is 0.659. The standard InChI is InChI=1S/C17H14FNO/c1-12-16(11-20)15-4-2-3-5-17(15)19(12)10-13-6-8-14(18)9-7-13/h2-9,11H,10H2,1H3. The third-order valence-electron chi connectivity index (χ3n) is 3.65. The SMILES string of the molecule is Cc1c(C=O)c2ccccc2n1Cc1ccc(F)cc1. The minimum atomic E-state index is -0.239. The second-order valence-corrected chi connectivity index (χ2v) is 4.85. The molecule has 0 aliphatic carbocycles. The summed E-state index contributed by atoms with van der Waals surface area (Å²) in [6, 6.07) is 14.3. The fourth-order valence-electron chi connectivity index (χ4n) is 2.58. The summed E-state index contributed by atoms with van der Waals surface area (Å²) < 4.78 is 15.1. The first kappa shape index (κ1) is 12.6. The average molecular weight is 267 g/mol. The van der Waals surface area contributed by atoms with Gasteiger partial charge in [-0.25, -0.2) is 4.39 Å². The molecule has 3 heteroatoms. The monoisotopic (exact) mass is 267 g/mol. The summed E-state index contributed by atoms with van der Waals surface area (Å²) in [5.41, 5.74) is 3.69. The number of benzene rings is 2. The van der Waals surface area contributed by atoms with Crippen molar-refractivity contribution in [2.45, 2.75) is 13.5 Å². The first-order valence-electron chi connectivity index (χ1n) is 6.48. The molecule has 20 heavy (non-hydrogen) atoms. The van der Waals surface area contributed by atoms with E-state index < -0.39 is 0 Å². The van der Waals surface area contributed by atoms with E-state index >= 15 is 0 Å². The zero-order valence-corrected chi connectivity index (χ0v) is 11.1. The fourth-order valence-corrected chi connectivity index (χ4v) is 2.58. The summed E-state index contributed by atoms with van der Waals surface area (Å²) >= 11 is 0. The van der Waals surface area contributed by atoms with Gasteiger partial charge < -0.3 is 4.57 Å². The van der Waals surface area contributed by atoms with Crippen LogP contribution in [0.3, 0.4) is 0 Å². The molecule has 2 nitrogen and oxygen atoms in total.